The van der Waals surface area contributed by atoms with Gasteiger partial charge < -0.3 is 20.3 Å². The first kappa shape index (κ1) is 66.8. The topological polar surface area (TPSA) is 95.9 Å². The first-order chi connectivity index (χ1) is 34.0. The number of hydrogen-bond acceptors (Lipinski definition) is 5. The molecule has 0 fully saturated rings. The lowest BCUT2D eigenvalue weighted by Gasteiger charge is -2.20. The van der Waals surface area contributed by atoms with Crippen molar-refractivity contribution in [3.63, 3.8) is 0 Å². The monoisotopic (exact) mass is 968 g/mol. The van der Waals surface area contributed by atoms with Crippen molar-refractivity contribution in [3.8, 4) is 0 Å². The normalized spacial score (nSPS) is 12.9. The van der Waals surface area contributed by atoms with E-state index in [1.807, 2.05) is 6.08 Å². The number of ether oxygens (including phenoxy) is 1. The van der Waals surface area contributed by atoms with E-state index >= 15 is 0 Å². The molecule has 0 heterocycles. The highest BCUT2D eigenvalue weighted by Crippen LogP contribution is 2.16. The summed E-state index contributed by atoms with van der Waals surface area (Å²) in [4.78, 5) is 24.5. The largest absolute Gasteiger partial charge is 0.466 e. The Hall–Kier alpha value is -2.18. The van der Waals surface area contributed by atoms with Gasteiger partial charge in [0.2, 0.25) is 5.91 Å². The van der Waals surface area contributed by atoms with E-state index in [-0.39, 0.29) is 18.5 Å². The third-order valence-corrected chi connectivity index (χ3v) is 13.8. The van der Waals surface area contributed by atoms with Crippen molar-refractivity contribution < 1.29 is 24.5 Å². The van der Waals surface area contributed by atoms with Gasteiger partial charge >= 0.3 is 5.97 Å². The van der Waals surface area contributed by atoms with Gasteiger partial charge in [-0.15, -0.1) is 0 Å². The molecule has 0 aliphatic heterocycles. The number of aliphatic hydroxyl groups excluding tert-OH is 2. The van der Waals surface area contributed by atoms with Crippen molar-refractivity contribution in [2.45, 2.75) is 328 Å². The van der Waals surface area contributed by atoms with E-state index in [2.05, 4.69) is 55.6 Å². The van der Waals surface area contributed by atoms with Crippen LogP contribution in [0.2, 0.25) is 0 Å². The van der Waals surface area contributed by atoms with Crippen LogP contribution in [-0.2, 0) is 14.3 Å². The van der Waals surface area contributed by atoms with Gasteiger partial charge in [0.25, 0.3) is 0 Å². The summed E-state index contributed by atoms with van der Waals surface area (Å²) in [5, 5.41) is 23.2. The summed E-state index contributed by atoms with van der Waals surface area (Å²) in [6.07, 6.45) is 74.2. The summed E-state index contributed by atoms with van der Waals surface area (Å²) in [6.45, 7) is 4.86. The molecule has 6 nitrogen and oxygen atoms in total. The molecule has 0 rings (SSSR count). The maximum Gasteiger partial charge on any atom is 0.305 e. The number of unbranched alkanes of at least 4 members (excludes halogenated alkanes) is 39. The molecule has 0 saturated carbocycles. The Kier molecular flexibility index (Phi) is 56.5. The molecule has 404 valence electrons. The zero-order valence-electron chi connectivity index (χ0n) is 46.0. The lowest BCUT2D eigenvalue weighted by atomic mass is 10.0. The Bertz CT molecular complexity index is 1160. The van der Waals surface area contributed by atoms with E-state index in [0.29, 0.717) is 19.4 Å². The fraction of sp³-hybridized carbons (Fsp3) is 0.841. The highest BCUT2D eigenvalue weighted by molar-refractivity contribution is 5.76. The number of nitrogens with one attached hydrogen (secondary N) is 1. The predicted molar refractivity (Wildman–Crippen MR) is 301 cm³/mol. The van der Waals surface area contributed by atoms with E-state index in [0.717, 1.165) is 83.5 Å². The van der Waals surface area contributed by atoms with Crippen molar-refractivity contribution in [1.29, 1.82) is 0 Å². The fourth-order valence-corrected chi connectivity index (χ4v) is 9.13. The second-order valence-corrected chi connectivity index (χ2v) is 20.7. The Morgan fingerprint density at radius 2 is 0.725 bits per heavy atom. The van der Waals surface area contributed by atoms with Crippen LogP contribution < -0.4 is 5.32 Å². The van der Waals surface area contributed by atoms with Gasteiger partial charge in [-0.1, -0.05) is 255 Å². The summed E-state index contributed by atoms with van der Waals surface area (Å²) < 4.78 is 5.45. The van der Waals surface area contributed by atoms with E-state index in [4.69, 9.17) is 4.74 Å². The van der Waals surface area contributed by atoms with Crippen LogP contribution in [0, 0.1) is 0 Å². The minimum Gasteiger partial charge on any atom is -0.466 e. The van der Waals surface area contributed by atoms with Crippen LogP contribution in [0.1, 0.15) is 316 Å². The SMILES string of the molecule is CCCCCCCCC/C=C\CCCCCCCC(=O)OCCCCC/C=C\C/C=C\CCCCCCCCCC(=O)NC(CO)C(O)/C=C/CCCCCCCCCCCCCCCCCCC. The molecule has 0 aliphatic rings. The van der Waals surface area contributed by atoms with Gasteiger partial charge in [0.05, 0.1) is 25.4 Å². The van der Waals surface area contributed by atoms with Gasteiger partial charge in [-0.25, -0.2) is 0 Å². The number of aliphatic hydroxyl groups is 2. The molecule has 0 aromatic carbocycles. The van der Waals surface area contributed by atoms with Crippen molar-refractivity contribution in [1.82, 2.24) is 5.32 Å². The van der Waals surface area contributed by atoms with Gasteiger partial charge in [-0.3, -0.25) is 9.59 Å². The average Bonchev–Trinajstić information content (AvgIpc) is 3.35. The molecular weight excluding hydrogens is 851 g/mol. The lowest BCUT2D eigenvalue weighted by molar-refractivity contribution is -0.143. The minimum atomic E-state index is -0.857. The molecular formula is C63H117NO5. The van der Waals surface area contributed by atoms with E-state index < -0.39 is 12.1 Å². The van der Waals surface area contributed by atoms with Crippen LogP contribution in [0.15, 0.2) is 48.6 Å². The molecule has 3 N–H and O–H groups in total. The van der Waals surface area contributed by atoms with E-state index in [1.54, 1.807) is 6.08 Å². The minimum absolute atomic E-state index is 0.0239. The van der Waals surface area contributed by atoms with Crippen molar-refractivity contribution >= 4 is 11.9 Å². The Labute approximate surface area is 429 Å². The molecule has 0 aromatic heterocycles. The summed E-state index contributed by atoms with van der Waals surface area (Å²) >= 11 is 0. The zero-order chi connectivity index (χ0) is 50.0. The van der Waals surface area contributed by atoms with Crippen molar-refractivity contribution in [2.75, 3.05) is 13.2 Å². The Morgan fingerprint density at radius 1 is 0.406 bits per heavy atom. The second-order valence-electron chi connectivity index (χ2n) is 20.7. The number of amides is 1. The zero-order valence-corrected chi connectivity index (χ0v) is 46.0. The number of hydrogen-bond donors (Lipinski definition) is 3. The van der Waals surface area contributed by atoms with Gasteiger partial charge in [-0.2, -0.15) is 0 Å². The molecule has 0 saturated heterocycles. The Morgan fingerprint density at radius 3 is 1.12 bits per heavy atom. The second kappa shape index (κ2) is 58.4. The predicted octanol–water partition coefficient (Wildman–Crippen LogP) is 19.0. The summed E-state index contributed by atoms with van der Waals surface area (Å²) in [5.74, 6) is -0.107. The van der Waals surface area contributed by atoms with Gasteiger partial charge in [-0.05, 0) is 96.3 Å². The molecule has 0 bridgehead atoms. The van der Waals surface area contributed by atoms with Gasteiger partial charge in [0.15, 0.2) is 0 Å². The average molecular weight is 969 g/mol. The molecule has 2 unspecified atom stereocenters. The smallest absolute Gasteiger partial charge is 0.305 e. The highest BCUT2D eigenvalue weighted by atomic mass is 16.5. The van der Waals surface area contributed by atoms with Crippen LogP contribution >= 0.6 is 0 Å². The van der Waals surface area contributed by atoms with Crippen LogP contribution in [0.4, 0.5) is 0 Å². The standard InChI is InChI=1S/C63H117NO5/c1-3-5-7-9-11-13-15-17-19-21-22-24-27-31-35-39-43-47-51-55-61(66)60(59-65)64-62(67)56-52-48-44-40-36-32-28-25-23-26-30-34-38-42-46-50-54-58-69-63(68)57-53-49-45-41-37-33-29-20-18-16-14-12-10-8-6-4-2/h20,23,26,29,34,38,51,55,60-61,65-66H,3-19,21-22,24-25,27-28,30-33,35-37,39-50,52-54,56-59H2,1-2H3,(H,64,67)/b26-23-,29-20-,38-34-,55-51+. The molecule has 1 amide bonds. The molecule has 0 aromatic rings. The van der Waals surface area contributed by atoms with E-state index in [1.165, 1.54) is 205 Å². The van der Waals surface area contributed by atoms with Crippen LogP contribution in [0.5, 0.6) is 0 Å². The van der Waals surface area contributed by atoms with Crippen LogP contribution in [0.25, 0.3) is 0 Å². The maximum absolute atomic E-state index is 12.5. The molecule has 0 spiro atoms. The summed E-state index contributed by atoms with van der Waals surface area (Å²) in [6, 6.07) is -0.642. The summed E-state index contributed by atoms with van der Waals surface area (Å²) in [5.41, 5.74) is 0. The highest BCUT2D eigenvalue weighted by Gasteiger charge is 2.18. The third-order valence-electron chi connectivity index (χ3n) is 13.8. The van der Waals surface area contributed by atoms with Gasteiger partial charge in [0, 0.05) is 12.8 Å². The molecule has 0 aliphatic carbocycles. The summed E-state index contributed by atoms with van der Waals surface area (Å²) in [7, 11) is 0. The fourth-order valence-electron chi connectivity index (χ4n) is 9.13. The van der Waals surface area contributed by atoms with Crippen molar-refractivity contribution in [3.05, 3.63) is 48.6 Å². The number of allylic oxidation sites excluding steroid dienone is 7. The number of carbonyl (C=O) groups excluding carboxylic acids is 2. The maximum atomic E-state index is 12.5. The molecule has 69 heavy (non-hydrogen) atoms. The number of esters is 1. The number of rotatable bonds is 56. The van der Waals surface area contributed by atoms with Crippen LogP contribution in [-0.4, -0.2) is 47.4 Å². The first-order valence-electron chi connectivity index (χ1n) is 30.4. The van der Waals surface area contributed by atoms with Crippen molar-refractivity contribution in [2.24, 2.45) is 0 Å². The Balaban J connectivity index is 3.53. The van der Waals surface area contributed by atoms with E-state index in [9.17, 15) is 19.8 Å². The van der Waals surface area contributed by atoms with Gasteiger partial charge in [0.1, 0.15) is 0 Å². The first-order valence-corrected chi connectivity index (χ1v) is 30.4. The van der Waals surface area contributed by atoms with Crippen LogP contribution in [0.3, 0.4) is 0 Å². The lowest BCUT2D eigenvalue weighted by Crippen LogP contribution is -2.45. The number of carbonyl (C=O) groups is 2. The third kappa shape index (κ3) is 55.0. The molecule has 6 heteroatoms. The quantitative estimate of drug-likeness (QED) is 0.0321. The molecule has 2 atom stereocenters. The molecule has 0 radical (unpaired) electrons.